The van der Waals surface area contributed by atoms with Gasteiger partial charge < -0.3 is 19.6 Å². The van der Waals surface area contributed by atoms with E-state index in [1.54, 1.807) is 16.9 Å². The van der Waals surface area contributed by atoms with E-state index >= 15 is 0 Å². The number of carboxylic acid groups (broad SMARTS) is 1. The summed E-state index contributed by atoms with van der Waals surface area (Å²) in [6.45, 7) is 4.64. The van der Waals surface area contributed by atoms with E-state index in [1.165, 1.54) is 0 Å². The minimum absolute atomic E-state index is 0.116. The van der Waals surface area contributed by atoms with Crippen LogP contribution in [0.15, 0.2) is 0 Å². The number of carbonyl (C=O) groups is 2. The SMILES string of the molecule is COCC1CCCN(C(=O)N2CCC(C)CC2C(=O)O)C1. The van der Waals surface area contributed by atoms with Crippen LogP contribution in [0.2, 0.25) is 0 Å². The van der Waals surface area contributed by atoms with Gasteiger partial charge in [-0.25, -0.2) is 9.59 Å². The number of hydrogen-bond donors (Lipinski definition) is 1. The lowest BCUT2D eigenvalue weighted by molar-refractivity contribution is -0.144. The second-order valence-corrected chi connectivity index (χ2v) is 6.37. The lowest BCUT2D eigenvalue weighted by Gasteiger charge is -2.41. The van der Waals surface area contributed by atoms with E-state index in [9.17, 15) is 14.7 Å². The maximum Gasteiger partial charge on any atom is 0.326 e. The van der Waals surface area contributed by atoms with Crippen molar-refractivity contribution in [3.8, 4) is 0 Å². The second kappa shape index (κ2) is 7.11. The average molecular weight is 298 g/mol. The summed E-state index contributed by atoms with van der Waals surface area (Å²) in [5.74, 6) is -0.169. The molecule has 0 spiro atoms. The fourth-order valence-electron chi connectivity index (χ4n) is 3.40. The van der Waals surface area contributed by atoms with Crippen molar-refractivity contribution >= 4 is 12.0 Å². The summed E-state index contributed by atoms with van der Waals surface area (Å²) in [6.07, 6.45) is 3.46. The number of carboxylic acids is 1. The summed E-state index contributed by atoms with van der Waals surface area (Å²) in [5, 5.41) is 9.38. The van der Waals surface area contributed by atoms with Crippen LogP contribution < -0.4 is 0 Å². The molecule has 0 aromatic carbocycles. The summed E-state index contributed by atoms with van der Waals surface area (Å²) in [6, 6.07) is -0.792. The Morgan fingerprint density at radius 1 is 1.29 bits per heavy atom. The molecular formula is C15H26N2O4. The molecule has 2 rings (SSSR count). The summed E-state index contributed by atoms with van der Waals surface area (Å²) >= 11 is 0. The molecule has 0 radical (unpaired) electrons. The number of amides is 2. The molecule has 0 aromatic heterocycles. The minimum atomic E-state index is -0.889. The zero-order valence-electron chi connectivity index (χ0n) is 13.0. The topological polar surface area (TPSA) is 70.1 Å². The standard InChI is InChI=1S/C15H26N2O4/c1-11-5-7-17(13(8-11)14(18)19)15(20)16-6-3-4-12(9-16)10-21-2/h11-13H,3-10H2,1-2H3,(H,18,19). The van der Waals surface area contributed by atoms with Crippen LogP contribution in [0.1, 0.15) is 32.6 Å². The molecule has 120 valence electrons. The number of piperidine rings is 2. The van der Waals surface area contributed by atoms with Crippen LogP contribution in [0.25, 0.3) is 0 Å². The molecule has 2 heterocycles. The molecule has 0 bridgehead atoms. The van der Waals surface area contributed by atoms with Crippen LogP contribution in [0.5, 0.6) is 0 Å². The molecule has 2 amide bonds. The fraction of sp³-hybridized carbons (Fsp3) is 0.867. The number of carbonyl (C=O) groups excluding carboxylic acids is 1. The quantitative estimate of drug-likeness (QED) is 0.860. The Balaban J connectivity index is 2.01. The third-order valence-corrected chi connectivity index (χ3v) is 4.59. The number of aliphatic carboxylic acids is 1. The summed E-state index contributed by atoms with van der Waals surface area (Å²) in [5.41, 5.74) is 0. The van der Waals surface area contributed by atoms with Crippen molar-refractivity contribution in [1.29, 1.82) is 0 Å². The number of urea groups is 1. The highest BCUT2D eigenvalue weighted by molar-refractivity contribution is 5.83. The van der Waals surface area contributed by atoms with Crippen molar-refractivity contribution in [2.24, 2.45) is 11.8 Å². The molecule has 1 N–H and O–H groups in total. The number of ether oxygens (including phenoxy) is 1. The van der Waals surface area contributed by atoms with Gasteiger partial charge in [0.15, 0.2) is 0 Å². The van der Waals surface area contributed by atoms with Gasteiger partial charge in [0, 0.05) is 32.7 Å². The average Bonchev–Trinajstić information content (AvgIpc) is 2.47. The Morgan fingerprint density at radius 2 is 2.05 bits per heavy atom. The molecule has 3 atom stereocenters. The highest BCUT2D eigenvalue weighted by Crippen LogP contribution is 2.25. The molecular weight excluding hydrogens is 272 g/mol. The number of rotatable bonds is 3. The molecule has 6 nitrogen and oxygen atoms in total. The molecule has 2 aliphatic rings. The Labute approximate surface area is 126 Å². The van der Waals surface area contributed by atoms with Gasteiger partial charge in [0.2, 0.25) is 0 Å². The highest BCUT2D eigenvalue weighted by atomic mass is 16.5. The van der Waals surface area contributed by atoms with E-state index in [4.69, 9.17) is 4.74 Å². The molecule has 2 fully saturated rings. The normalized spacial score (nSPS) is 30.3. The van der Waals surface area contributed by atoms with Gasteiger partial charge in [-0.2, -0.15) is 0 Å². The largest absolute Gasteiger partial charge is 0.480 e. The van der Waals surface area contributed by atoms with Crippen molar-refractivity contribution < 1.29 is 19.4 Å². The Bertz CT molecular complexity index is 386. The molecule has 0 saturated carbocycles. The van der Waals surface area contributed by atoms with Crippen molar-refractivity contribution in [1.82, 2.24) is 9.80 Å². The molecule has 6 heteroatoms. The Hall–Kier alpha value is -1.30. The van der Waals surface area contributed by atoms with Crippen LogP contribution in [-0.4, -0.2) is 66.3 Å². The number of methoxy groups -OCH3 is 1. The van der Waals surface area contributed by atoms with Gasteiger partial charge in [-0.1, -0.05) is 6.92 Å². The third-order valence-electron chi connectivity index (χ3n) is 4.59. The second-order valence-electron chi connectivity index (χ2n) is 6.37. The first-order valence-corrected chi connectivity index (χ1v) is 7.80. The monoisotopic (exact) mass is 298 g/mol. The van der Waals surface area contributed by atoms with Crippen LogP contribution >= 0.6 is 0 Å². The van der Waals surface area contributed by atoms with Crippen LogP contribution in [-0.2, 0) is 9.53 Å². The van der Waals surface area contributed by atoms with E-state index in [1.807, 2.05) is 6.92 Å². The molecule has 0 aliphatic carbocycles. The predicted octanol–water partition coefficient (Wildman–Crippen LogP) is 1.65. The zero-order chi connectivity index (χ0) is 15.4. The van der Waals surface area contributed by atoms with E-state index in [-0.39, 0.29) is 6.03 Å². The van der Waals surface area contributed by atoms with Crippen molar-refractivity contribution in [3.05, 3.63) is 0 Å². The summed E-state index contributed by atoms with van der Waals surface area (Å²) < 4.78 is 5.18. The Morgan fingerprint density at radius 3 is 2.71 bits per heavy atom. The fourth-order valence-corrected chi connectivity index (χ4v) is 3.40. The van der Waals surface area contributed by atoms with E-state index in [0.29, 0.717) is 38.0 Å². The highest BCUT2D eigenvalue weighted by Gasteiger charge is 2.37. The first kappa shape index (κ1) is 16.1. The minimum Gasteiger partial charge on any atom is -0.480 e. The van der Waals surface area contributed by atoms with Crippen LogP contribution in [0.4, 0.5) is 4.79 Å². The first-order chi connectivity index (χ1) is 10.0. The van der Waals surface area contributed by atoms with Gasteiger partial charge in [-0.05, 0) is 31.6 Å². The van der Waals surface area contributed by atoms with Crippen LogP contribution in [0, 0.1) is 11.8 Å². The molecule has 0 aromatic rings. The summed E-state index contributed by atoms with van der Waals surface area (Å²) in [7, 11) is 1.67. The number of nitrogens with zero attached hydrogens (tertiary/aromatic N) is 2. The van der Waals surface area contributed by atoms with Crippen molar-refractivity contribution in [2.75, 3.05) is 33.4 Å². The maximum atomic E-state index is 12.7. The van der Waals surface area contributed by atoms with E-state index < -0.39 is 12.0 Å². The molecule has 3 unspecified atom stereocenters. The van der Waals surface area contributed by atoms with Gasteiger partial charge in [0.1, 0.15) is 6.04 Å². The van der Waals surface area contributed by atoms with Gasteiger partial charge in [-0.3, -0.25) is 0 Å². The lowest BCUT2D eigenvalue weighted by atomic mass is 9.92. The Kier molecular flexibility index (Phi) is 5.45. The summed E-state index contributed by atoms with van der Waals surface area (Å²) in [4.78, 5) is 27.5. The van der Waals surface area contributed by atoms with Gasteiger partial charge in [-0.15, -0.1) is 0 Å². The molecule has 21 heavy (non-hydrogen) atoms. The smallest absolute Gasteiger partial charge is 0.326 e. The van der Waals surface area contributed by atoms with Crippen LogP contribution in [0.3, 0.4) is 0 Å². The molecule has 2 aliphatic heterocycles. The predicted molar refractivity (Wildman–Crippen MR) is 78.1 cm³/mol. The van der Waals surface area contributed by atoms with Gasteiger partial charge in [0.05, 0.1) is 6.61 Å². The van der Waals surface area contributed by atoms with Crippen molar-refractivity contribution in [3.63, 3.8) is 0 Å². The lowest BCUT2D eigenvalue weighted by Crippen LogP contribution is -2.56. The molecule has 2 saturated heterocycles. The van der Waals surface area contributed by atoms with E-state index in [2.05, 4.69) is 0 Å². The van der Waals surface area contributed by atoms with Crippen molar-refractivity contribution in [2.45, 2.75) is 38.6 Å². The van der Waals surface area contributed by atoms with E-state index in [0.717, 1.165) is 25.8 Å². The zero-order valence-corrected chi connectivity index (χ0v) is 13.0. The maximum absolute atomic E-state index is 12.7. The number of likely N-dealkylation sites (tertiary alicyclic amines) is 2. The third kappa shape index (κ3) is 3.87. The van der Waals surface area contributed by atoms with Gasteiger partial charge >= 0.3 is 12.0 Å². The van der Waals surface area contributed by atoms with Gasteiger partial charge in [0.25, 0.3) is 0 Å². The first-order valence-electron chi connectivity index (χ1n) is 7.80. The number of hydrogen-bond acceptors (Lipinski definition) is 3.